The van der Waals surface area contributed by atoms with E-state index in [2.05, 4.69) is 26.3 Å². The number of methoxy groups -OCH3 is 1. The lowest BCUT2D eigenvalue weighted by Crippen LogP contribution is -2.46. The minimum absolute atomic E-state index is 0.728. The summed E-state index contributed by atoms with van der Waals surface area (Å²) in [5, 5.41) is 1.73. The van der Waals surface area contributed by atoms with Crippen molar-refractivity contribution in [3.05, 3.63) is 59.1 Å². The first-order valence-corrected chi connectivity index (χ1v) is 11.1. The van der Waals surface area contributed by atoms with Gasteiger partial charge in [-0.1, -0.05) is 29.8 Å². The molecule has 1 aromatic heterocycles. The van der Waals surface area contributed by atoms with E-state index in [1.165, 1.54) is 17.1 Å². The Bertz CT molecular complexity index is 923. The number of hydrogen-bond acceptors (Lipinski definition) is 6. The quantitative estimate of drug-likeness (QED) is 0.549. The van der Waals surface area contributed by atoms with Crippen LogP contribution < -0.4 is 9.64 Å². The number of halogens is 1. The molecule has 1 aliphatic rings. The Kier molecular flexibility index (Phi) is 6.64. The smallest absolute Gasteiger partial charge is 0.205 e. The van der Waals surface area contributed by atoms with E-state index >= 15 is 0 Å². The maximum Gasteiger partial charge on any atom is 0.205 e. The zero-order chi connectivity index (χ0) is 20.1. The zero-order valence-corrected chi connectivity index (χ0v) is 18.1. The Labute approximate surface area is 181 Å². The van der Waals surface area contributed by atoms with Crippen molar-refractivity contribution in [2.75, 3.05) is 44.7 Å². The van der Waals surface area contributed by atoms with Crippen molar-refractivity contribution in [2.24, 2.45) is 0 Å². The largest absolute Gasteiger partial charge is 0.496 e. The molecule has 4 rings (SSSR count). The molecule has 152 valence electrons. The van der Waals surface area contributed by atoms with Gasteiger partial charge in [0.15, 0.2) is 5.82 Å². The van der Waals surface area contributed by atoms with Gasteiger partial charge in [-0.25, -0.2) is 0 Å². The Morgan fingerprint density at radius 2 is 1.79 bits per heavy atom. The molecule has 29 heavy (non-hydrogen) atoms. The van der Waals surface area contributed by atoms with E-state index in [0.717, 1.165) is 72.9 Å². The summed E-state index contributed by atoms with van der Waals surface area (Å²) < 4.78 is 9.98. The van der Waals surface area contributed by atoms with Crippen LogP contribution in [-0.4, -0.2) is 54.1 Å². The summed E-state index contributed by atoms with van der Waals surface area (Å²) in [5.41, 5.74) is 2.30. The highest BCUT2D eigenvalue weighted by atomic mass is 35.5. The fourth-order valence-electron chi connectivity index (χ4n) is 3.63. The number of para-hydroxylation sites is 1. The SMILES string of the molecule is COc1ccccc1CCCN1CCN(c2nc(-c3ccc(Cl)cc3)ns2)CC1. The number of hydrogen-bond donors (Lipinski definition) is 0. The molecule has 0 atom stereocenters. The van der Waals surface area contributed by atoms with Gasteiger partial charge in [0.2, 0.25) is 5.13 Å². The van der Waals surface area contributed by atoms with Crippen molar-refractivity contribution in [3.63, 3.8) is 0 Å². The maximum absolute atomic E-state index is 5.97. The van der Waals surface area contributed by atoms with Crippen molar-refractivity contribution in [3.8, 4) is 17.1 Å². The molecule has 2 aromatic carbocycles. The molecule has 5 nitrogen and oxygen atoms in total. The van der Waals surface area contributed by atoms with Crippen LogP contribution in [0.15, 0.2) is 48.5 Å². The molecule has 0 spiro atoms. The summed E-state index contributed by atoms with van der Waals surface area (Å²) in [6.07, 6.45) is 2.19. The Morgan fingerprint density at radius 1 is 1.03 bits per heavy atom. The second kappa shape index (κ2) is 9.57. The lowest BCUT2D eigenvalue weighted by Gasteiger charge is -2.34. The van der Waals surface area contributed by atoms with Gasteiger partial charge in [0.1, 0.15) is 5.75 Å². The van der Waals surface area contributed by atoms with Crippen LogP contribution in [0.25, 0.3) is 11.4 Å². The van der Waals surface area contributed by atoms with E-state index in [9.17, 15) is 0 Å². The van der Waals surface area contributed by atoms with Crippen LogP contribution in [0.5, 0.6) is 5.75 Å². The van der Waals surface area contributed by atoms with Crippen LogP contribution in [-0.2, 0) is 6.42 Å². The van der Waals surface area contributed by atoms with Crippen molar-refractivity contribution in [1.29, 1.82) is 0 Å². The van der Waals surface area contributed by atoms with Gasteiger partial charge in [0, 0.05) is 48.3 Å². The van der Waals surface area contributed by atoms with Crippen LogP contribution >= 0.6 is 23.1 Å². The minimum atomic E-state index is 0.728. The monoisotopic (exact) mass is 428 g/mol. The highest BCUT2D eigenvalue weighted by Gasteiger charge is 2.20. The van der Waals surface area contributed by atoms with Crippen LogP contribution in [0, 0.1) is 0 Å². The van der Waals surface area contributed by atoms with Gasteiger partial charge in [-0.05, 0) is 55.3 Å². The predicted octanol–water partition coefficient (Wildman–Crippen LogP) is 4.62. The summed E-state index contributed by atoms with van der Waals surface area (Å²) in [5.74, 6) is 1.77. The van der Waals surface area contributed by atoms with Crippen molar-refractivity contribution >= 4 is 28.3 Å². The van der Waals surface area contributed by atoms with Crippen LogP contribution in [0.3, 0.4) is 0 Å². The molecule has 0 amide bonds. The number of anilines is 1. The van der Waals surface area contributed by atoms with Gasteiger partial charge in [-0.3, -0.25) is 4.90 Å². The molecule has 2 heterocycles. The summed E-state index contributed by atoms with van der Waals surface area (Å²) in [6.45, 7) is 5.20. The Hall–Kier alpha value is -2.15. The molecule has 0 unspecified atom stereocenters. The predicted molar refractivity (Wildman–Crippen MR) is 120 cm³/mol. The van der Waals surface area contributed by atoms with E-state index in [1.54, 1.807) is 7.11 Å². The van der Waals surface area contributed by atoms with Crippen LogP contribution in [0.2, 0.25) is 5.02 Å². The summed E-state index contributed by atoms with van der Waals surface area (Å²) in [7, 11) is 1.74. The molecule has 0 saturated carbocycles. The third kappa shape index (κ3) is 5.07. The molecular formula is C22H25ClN4OS. The second-order valence-electron chi connectivity index (χ2n) is 7.15. The molecule has 0 radical (unpaired) electrons. The van der Waals surface area contributed by atoms with Crippen molar-refractivity contribution in [1.82, 2.24) is 14.3 Å². The number of benzene rings is 2. The van der Waals surface area contributed by atoms with Gasteiger partial charge in [-0.2, -0.15) is 9.36 Å². The maximum atomic E-state index is 5.97. The topological polar surface area (TPSA) is 41.5 Å². The molecule has 0 bridgehead atoms. The van der Waals surface area contributed by atoms with E-state index in [4.69, 9.17) is 21.3 Å². The van der Waals surface area contributed by atoms with Gasteiger partial charge in [0.25, 0.3) is 0 Å². The number of aryl methyl sites for hydroxylation is 1. The Balaban J connectivity index is 1.26. The van der Waals surface area contributed by atoms with E-state index in [1.807, 2.05) is 36.4 Å². The number of aromatic nitrogens is 2. The summed E-state index contributed by atoms with van der Waals surface area (Å²) in [4.78, 5) is 9.61. The standard InChI is InChI=1S/C22H25ClN4OS/c1-28-20-7-3-2-5-17(20)6-4-12-26-13-15-27(16-14-26)22-24-21(25-29-22)18-8-10-19(23)11-9-18/h2-3,5,7-11H,4,6,12-16H2,1H3. The summed E-state index contributed by atoms with van der Waals surface area (Å²) in [6, 6.07) is 16.0. The molecule has 1 aliphatic heterocycles. The first kappa shape index (κ1) is 20.1. The minimum Gasteiger partial charge on any atom is -0.496 e. The summed E-state index contributed by atoms with van der Waals surface area (Å²) >= 11 is 7.44. The molecule has 0 N–H and O–H groups in total. The van der Waals surface area contributed by atoms with E-state index in [-0.39, 0.29) is 0 Å². The zero-order valence-electron chi connectivity index (χ0n) is 16.6. The van der Waals surface area contributed by atoms with Crippen molar-refractivity contribution < 1.29 is 4.74 Å². The molecular weight excluding hydrogens is 404 g/mol. The average molecular weight is 429 g/mol. The first-order chi connectivity index (χ1) is 14.2. The van der Waals surface area contributed by atoms with E-state index < -0.39 is 0 Å². The van der Waals surface area contributed by atoms with E-state index in [0.29, 0.717) is 0 Å². The fourth-order valence-corrected chi connectivity index (χ4v) is 4.49. The van der Waals surface area contributed by atoms with Gasteiger partial charge < -0.3 is 9.64 Å². The molecule has 1 saturated heterocycles. The Morgan fingerprint density at radius 3 is 2.55 bits per heavy atom. The third-order valence-corrected chi connectivity index (χ3v) is 6.30. The number of piperazine rings is 1. The second-order valence-corrected chi connectivity index (χ2v) is 8.32. The first-order valence-electron chi connectivity index (χ1n) is 9.92. The molecule has 0 aliphatic carbocycles. The van der Waals surface area contributed by atoms with Crippen LogP contribution in [0.4, 0.5) is 5.13 Å². The van der Waals surface area contributed by atoms with Crippen LogP contribution in [0.1, 0.15) is 12.0 Å². The molecule has 3 aromatic rings. The lowest BCUT2D eigenvalue weighted by atomic mass is 10.1. The number of rotatable bonds is 7. The van der Waals surface area contributed by atoms with Crippen molar-refractivity contribution in [2.45, 2.75) is 12.8 Å². The average Bonchev–Trinajstić information content (AvgIpc) is 3.25. The highest BCUT2D eigenvalue weighted by molar-refractivity contribution is 7.09. The fraction of sp³-hybridized carbons (Fsp3) is 0.364. The lowest BCUT2D eigenvalue weighted by molar-refractivity contribution is 0.254. The van der Waals surface area contributed by atoms with Gasteiger partial charge in [-0.15, -0.1) is 0 Å². The van der Waals surface area contributed by atoms with Gasteiger partial charge >= 0.3 is 0 Å². The number of nitrogens with zero attached hydrogens (tertiary/aromatic N) is 4. The number of ether oxygens (including phenoxy) is 1. The normalized spacial score (nSPS) is 14.9. The highest BCUT2D eigenvalue weighted by Crippen LogP contribution is 2.26. The molecule has 7 heteroatoms. The van der Waals surface area contributed by atoms with Gasteiger partial charge in [0.05, 0.1) is 7.11 Å². The third-order valence-electron chi connectivity index (χ3n) is 5.27. The molecule has 1 fully saturated rings.